The van der Waals surface area contributed by atoms with Crippen LogP contribution in [0.1, 0.15) is 26.3 Å². The Bertz CT molecular complexity index is 856. The van der Waals surface area contributed by atoms with Crippen molar-refractivity contribution in [1.29, 1.82) is 0 Å². The smallest absolute Gasteiger partial charge is 0.230 e. The second kappa shape index (κ2) is 6.28. The van der Waals surface area contributed by atoms with Gasteiger partial charge in [-0.05, 0) is 29.7 Å². The summed E-state index contributed by atoms with van der Waals surface area (Å²) in [5.41, 5.74) is 7.53. The van der Waals surface area contributed by atoms with Crippen LogP contribution < -0.4 is 10.5 Å². The average Bonchev–Trinajstić information content (AvgIpc) is 2.55. The second-order valence-corrected chi connectivity index (χ2v) is 6.51. The maximum absolute atomic E-state index is 6.13. The number of hydrogen-bond acceptors (Lipinski definition) is 5. The zero-order valence-electron chi connectivity index (χ0n) is 14.0. The Labute approximate surface area is 141 Å². The van der Waals surface area contributed by atoms with Crippen LogP contribution in [0.4, 0.5) is 5.82 Å². The van der Waals surface area contributed by atoms with Gasteiger partial charge in [0.2, 0.25) is 5.88 Å². The van der Waals surface area contributed by atoms with E-state index in [2.05, 4.69) is 41.8 Å². The number of nitrogen functional groups attached to an aromatic ring is 1. The van der Waals surface area contributed by atoms with Crippen LogP contribution in [0.2, 0.25) is 0 Å². The standard InChI is InChI=1S/C19H20N4O/c1-19(2,3)14-8-4-5-9-15(14)24-18-13(7-6-11-22-18)17-21-12-10-16(20)23-17/h4-12H,1-3H3,(H2,20,21,23). The van der Waals surface area contributed by atoms with Crippen LogP contribution >= 0.6 is 0 Å². The lowest BCUT2D eigenvalue weighted by Gasteiger charge is -2.22. The van der Waals surface area contributed by atoms with Gasteiger partial charge in [0.15, 0.2) is 5.82 Å². The van der Waals surface area contributed by atoms with Crippen LogP contribution in [-0.4, -0.2) is 15.0 Å². The number of aromatic nitrogens is 3. The Balaban J connectivity index is 2.04. The fraction of sp³-hybridized carbons (Fsp3) is 0.211. The lowest BCUT2D eigenvalue weighted by molar-refractivity contribution is 0.441. The third kappa shape index (κ3) is 3.35. The first-order valence-corrected chi connectivity index (χ1v) is 7.76. The monoisotopic (exact) mass is 320 g/mol. The van der Waals surface area contributed by atoms with Crippen molar-refractivity contribution in [2.45, 2.75) is 26.2 Å². The molecule has 3 rings (SSSR count). The number of nitrogens with two attached hydrogens (primary N) is 1. The van der Waals surface area contributed by atoms with Crippen molar-refractivity contribution in [3.8, 4) is 23.0 Å². The van der Waals surface area contributed by atoms with Gasteiger partial charge < -0.3 is 10.5 Å². The first-order valence-electron chi connectivity index (χ1n) is 7.76. The fourth-order valence-electron chi connectivity index (χ4n) is 2.42. The van der Waals surface area contributed by atoms with Gasteiger partial charge in [-0.1, -0.05) is 39.0 Å². The van der Waals surface area contributed by atoms with E-state index >= 15 is 0 Å². The molecule has 0 aliphatic rings. The molecule has 2 heterocycles. The average molecular weight is 320 g/mol. The summed E-state index contributed by atoms with van der Waals surface area (Å²) in [6.07, 6.45) is 3.31. The summed E-state index contributed by atoms with van der Waals surface area (Å²) < 4.78 is 6.13. The summed E-state index contributed by atoms with van der Waals surface area (Å²) in [5.74, 6) is 2.13. The third-order valence-electron chi connectivity index (χ3n) is 3.59. The lowest BCUT2D eigenvalue weighted by atomic mass is 9.86. The number of anilines is 1. The number of rotatable bonds is 3. The molecule has 0 aliphatic carbocycles. The molecule has 0 atom stereocenters. The molecule has 3 aromatic rings. The fourth-order valence-corrected chi connectivity index (χ4v) is 2.42. The molecule has 0 unspecified atom stereocenters. The molecule has 0 saturated heterocycles. The lowest BCUT2D eigenvalue weighted by Crippen LogP contribution is -2.12. The quantitative estimate of drug-likeness (QED) is 0.782. The maximum Gasteiger partial charge on any atom is 0.230 e. The molecule has 0 amide bonds. The SMILES string of the molecule is CC(C)(C)c1ccccc1Oc1ncccc1-c1nccc(N)n1. The van der Waals surface area contributed by atoms with Gasteiger partial charge in [0.1, 0.15) is 11.6 Å². The highest BCUT2D eigenvalue weighted by molar-refractivity contribution is 5.63. The Hall–Kier alpha value is -2.95. The van der Waals surface area contributed by atoms with Crippen molar-refractivity contribution in [2.75, 3.05) is 5.73 Å². The summed E-state index contributed by atoms with van der Waals surface area (Å²) in [7, 11) is 0. The summed E-state index contributed by atoms with van der Waals surface area (Å²) >= 11 is 0. The molecule has 0 bridgehead atoms. The van der Waals surface area contributed by atoms with Gasteiger partial charge in [-0.2, -0.15) is 0 Å². The molecule has 24 heavy (non-hydrogen) atoms. The van der Waals surface area contributed by atoms with Crippen LogP contribution in [0.3, 0.4) is 0 Å². The van der Waals surface area contributed by atoms with Gasteiger partial charge in [-0.15, -0.1) is 0 Å². The molecule has 0 saturated carbocycles. The second-order valence-electron chi connectivity index (χ2n) is 6.51. The number of ether oxygens (including phenoxy) is 1. The zero-order valence-corrected chi connectivity index (χ0v) is 14.0. The van der Waals surface area contributed by atoms with E-state index in [-0.39, 0.29) is 5.41 Å². The molecule has 1 aromatic carbocycles. The predicted octanol–water partition coefficient (Wildman–Crippen LogP) is 4.21. The summed E-state index contributed by atoms with van der Waals surface area (Å²) in [4.78, 5) is 12.9. The van der Waals surface area contributed by atoms with E-state index in [1.807, 2.05) is 30.3 Å². The minimum Gasteiger partial charge on any atom is -0.438 e. The molecule has 5 heteroatoms. The van der Waals surface area contributed by atoms with Crippen molar-refractivity contribution in [3.05, 3.63) is 60.4 Å². The van der Waals surface area contributed by atoms with Crippen LogP contribution in [0.5, 0.6) is 11.6 Å². The molecule has 0 spiro atoms. The summed E-state index contributed by atoms with van der Waals surface area (Å²) in [6, 6.07) is 13.3. The highest BCUT2D eigenvalue weighted by Crippen LogP contribution is 2.36. The van der Waals surface area contributed by atoms with Crippen molar-refractivity contribution >= 4 is 5.82 Å². The Morgan fingerprint density at radius 2 is 1.71 bits per heavy atom. The van der Waals surface area contributed by atoms with Gasteiger partial charge in [0.05, 0.1) is 5.56 Å². The number of para-hydroxylation sites is 1. The number of nitrogens with zero attached hydrogens (tertiary/aromatic N) is 3. The first-order chi connectivity index (χ1) is 11.4. The van der Waals surface area contributed by atoms with E-state index in [1.54, 1.807) is 18.5 Å². The van der Waals surface area contributed by atoms with Gasteiger partial charge >= 0.3 is 0 Å². The predicted molar refractivity (Wildman–Crippen MR) is 94.9 cm³/mol. The minimum atomic E-state index is -0.0424. The summed E-state index contributed by atoms with van der Waals surface area (Å²) in [5, 5.41) is 0. The summed E-state index contributed by atoms with van der Waals surface area (Å²) in [6.45, 7) is 6.45. The minimum absolute atomic E-state index is 0.0424. The molecule has 5 nitrogen and oxygen atoms in total. The molecule has 0 radical (unpaired) electrons. The van der Waals surface area contributed by atoms with E-state index in [1.165, 1.54) is 0 Å². The topological polar surface area (TPSA) is 73.9 Å². The molecule has 122 valence electrons. The highest BCUT2D eigenvalue weighted by Gasteiger charge is 2.20. The van der Waals surface area contributed by atoms with Crippen molar-refractivity contribution < 1.29 is 4.74 Å². The van der Waals surface area contributed by atoms with Crippen LogP contribution in [-0.2, 0) is 5.41 Å². The van der Waals surface area contributed by atoms with E-state index in [0.717, 1.165) is 11.3 Å². The van der Waals surface area contributed by atoms with Crippen LogP contribution in [0.15, 0.2) is 54.9 Å². The normalized spacial score (nSPS) is 11.3. The number of hydrogen-bond donors (Lipinski definition) is 1. The van der Waals surface area contributed by atoms with Crippen molar-refractivity contribution in [3.63, 3.8) is 0 Å². The van der Waals surface area contributed by atoms with E-state index in [9.17, 15) is 0 Å². The molecular weight excluding hydrogens is 300 g/mol. The van der Waals surface area contributed by atoms with Gasteiger partial charge in [-0.3, -0.25) is 0 Å². The Morgan fingerprint density at radius 1 is 0.917 bits per heavy atom. The number of pyridine rings is 1. The largest absolute Gasteiger partial charge is 0.438 e. The molecule has 2 N–H and O–H groups in total. The molecule has 2 aromatic heterocycles. The van der Waals surface area contributed by atoms with Gasteiger partial charge in [0, 0.05) is 18.0 Å². The number of benzene rings is 1. The van der Waals surface area contributed by atoms with Crippen LogP contribution in [0.25, 0.3) is 11.4 Å². The van der Waals surface area contributed by atoms with Crippen molar-refractivity contribution in [2.24, 2.45) is 0 Å². The molecular formula is C19H20N4O. The van der Waals surface area contributed by atoms with Crippen molar-refractivity contribution in [1.82, 2.24) is 15.0 Å². The first kappa shape index (κ1) is 15.9. The van der Waals surface area contributed by atoms with E-state index < -0.39 is 0 Å². The van der Waals surface area contributed by atoms with E-state index in [4.69, 9.17) is 10.5 Å². The van der Waals surface area contributed by atoms with Gasteiger partial charge in [-0.25, -0.2) is 15.0 Å². The zero-order chi connectivity index (χ0) is 17.2. The Kier molecular flexibility index (Phi) is 4.16. The highest BCUT2D eigenvalue weighted by atomic mass is 16.5. The third-order valence-corrected chi connectivity index (χ3v) is 3.59. The van der Waals surface area contributed by atoms with Gasteiger partial charge in [0.25, 0.3) is 0 Å². The molecule has 0 aliphatic heterocycles. The van der Waals surface area contributed by atoms with E-state index in [0.29, 0.717) is 23.1 Å². The van der Waals surface area contributed by atoms with Crippen LogP contribution in [0, 0.1) is 0 Å². The maximum atomic E-state index is 6.13. The Morgan fingerprint density at radius 3 is 2.46 bits per heavy atom. The molecule has 0 fully saturated rings.